The molecule has 0 bridgehead atoms. The molecule has 2 fully saturated rings. The molecule has 8 nitrogen and oxygen atoms in total. The van der Waals surface area contributed by atoms with Gasteiger partial charge < -0.3 is 14.5 Å². The van der Waals surface area contributed by atoms with Crippen molar-refractivity contribution in [1.29, 1.82) is 0 Å². The minimum absolute atomic E-state index is 0.119. The molecule has 1 aromatic carbocycles. The van der Waals surface area contributed by atoms with Crippen LogP contribution in [0.4, 0.5) is 37.1 Å². The van der Waals surface area contributed by atoms with Crippen molar-refractivity contribution in [2.24, 2.45) is 7.05 Å². The first-order valence-electron chi connectivity index (χ1n) is 15.0. The topological polar surface area (TPSA) is 76.4 Å². The van der Waals surface area contributed by atoms with E-state index in [9.17, 15) is 31.1 Å². The third kappa shape index (κ3) is 7.70. The molecule has 3 aromatic rings. The van der Waals surface area contributed by atoms with E-state index in [-0.39, 0.29) is 42.3 Å². The Bertz CT molecular complexity index is 1420. The number of ether oxygens (including phenoxy) is 1. The summed E-state index contributed by atoms with van der Waals surface area (Å²) in [4.78, 5) is 25.5. The largest absolute Gasteiger partial charge is 0.446 e. The van der Waals surface area contributed by atoms with Gasteiger partial charge in [-0.1, -0.05) is 6.42 Å². The normalized spacial score (nSPS) is 21.5. The summed E-state index contributed by atoms with van der Waals surface area (Å²) >= 11 is 0. The molecule has 1 unspecified atom stereocenters. The number of aromatic nitrogens is 4. The van der Waals surface area contributed by atoms with Crippen molar-refractivity contribution in [3.63, 3.8) is 0 Å². The van der Waals surface area contributed by atoms with Gasteiger partial charge in [0.05, 0.1) is 17.3 Å². The van der Waals surface area contributed by atoms with Crippen LogP contribution in [0.2, 0.25) is 0 Å². The lowest BCUT2D eigenvalue weighted by atomic mass is 9.91. The van der Waals surface area contributed by atoms with Gasteiger partial charge in [0, 0.05) is 61.4 Å². The average Bonchev–Trinajstić information content (AvgIpc) is 3.41. The van der Waals surface area contributed by atoms with Gasteiger partial charge in [0.25, 0.3) is 0 Å². The van der Waals surface area contributed by atoms with Crippen LogP contribution in [0.15, 0.2) is 43.0 Å². The van der Waals surface area contributed by atoms with Crippen molar-refractivity contribution < 1.29 is 35.9 Å². The van der Waals surface area contributed by atoms with Gasteiger partial charge in [0.15, 0.2) is 0 Å². The van der Waals surface area contributed by atoms with Crippen LogP contribution >= 0.6 is 0 Å². The maximum atomic E-state index is 13.7. The predicted octanol–water partition coefficient (Wildman–Crippen LogP) is 7.63. The molecule has 1 saturated carbocycles. The SMILES string of the molecule is C[C@@H]1CC(N(Cc2cc(C(F)(F)F)cc(C(F)(F)F)c2)c2ncc(-c3cnn(C)c3)cn2)C[C@H](C)N1C(=O)OC1CCCCC1. The Kier molecular flexibility index (Phi) is 9.31. The van der Waals surface area contributed by atoms with E-state index in [1.165, 1.54) is 0 Å². The van der Waals surface area contributed by atoms with E-state index in [1.54, 1.807) is 46.3 Å². The van der Waals surface area contributed by atoms with E-state index in [2.05, 4.69) is 15.1 Å². The fraction of sp³-hybridized carbons (Fsp3) is 0.548. The van der Waals surface area contributed by atoms with Crippen LogP contribution in [0.3, 0.4) is 0 Å². The summed E-state index contributed by atoms with van der Waals surface area (Å²) in [5, 5.41) is 4.14. The molecule has 1 aliphatic heterocycles. The number of hydrogen-bond acceptors (Lipinski definition) is 6. The van der Waals surface area contributed by atoms with Crippen LogP contribution < -0.4 is 4.90 Å². The Morgan fingerprint density at radius 1 is 0.889 bits per heavy atom. The van der Waals surface area contributed by atoms with Gasteiger partial charge in [-0.05, 0) is 76.1 Å². The van der Waals surface area contributed by atoms with Gasteiger partial charge in [0.1, 0.15) is 6.10 Å². The highest BCUT2D eigenvalue weighted by Crippen LogP contribution is 2.38. The Balaban J connectivity index is 1.45. The van der Waals surface area contributed by atoms with E-state index in [4.69, 9.17) is 4.74 Å². The Hall–Kier alpha value is -3.84. The van der Waals surface area contributed by atoms with E-state index >= 15 is 0 Å². The van der Waals surface area contributed by atoms with Gasteiger partial charge in [-0.2, -0.15) is 31.4 Å². The number of amides is 1. The van der Waals surface area contributed by atoms with Crippen molar-refractivity contribution in [3.8, 4) is 11.1 Å². The summed E-state index contributed by atoms with van der Waals surface area (Å²) in [5.41, 5.74) is -1.57. The fourth-order valence-electron chi connectivity index (χ4n) is 6.41. The van der Waals surface area contributed by atoms with Gasteiger partial charge in [-0.25, -0.2) is 14.8 Å². The lowest BCUT2D eigenvalue weighted by molar-refractivity contribution is -0.143. The molecule has 2 aliphatic rings. The van der Waals surface area contributed by atoms with Crippen LogP contribution in [0, 0.1) is 0 Å². The monoisotopic (exact) mass is 638 g/mol. The predicted molar refractivity (Wildman–Crippen MR) is 154 cm³/mol. The van der Waals surface area contributed by atoms with Crippen LogP contribution in [0.1, 0.15) is 75.5 Å². The number of piperidine rings is 1. The molecule has 0 radical (unpaired) electrons. The van der Waals surface area contributed by atoms with Gasteiger partial charge in [-0.15, -0.1) is 0 Å². The second kappa shape index (κ2) is 12.9. The first-order valence-corrected chi connectivity index (χ1v) is 15.0. The van der Waals surface area contributed by atoms with E-state index in [0.717, 1.165) is 49.8 Å². The van der Waals surface area contributed by atoms with Crippen molar-refractivity contribution >= 4 is 12.0 Å². The number of anilines is 1. The molecule has 5 rings (SSSR count). The zero-order valence-corrected chi connectivity index (χ0v) is 25.3. The summed E-state index contributed by atoms with van der Waals surface area (Å²) in [6.45, 7) is 3.42. The number of hydrogen-bond donors (Lipinski definition) is 0. The number of rotatable bonds is 6. The number of nitrogens with zero attached hydrogens (tertiary/aromatic N) is 6. The second-order valence-corrected chi connectivity index (χ2v) is 12.1. The molecule has 3 atom stereocenters. The van der Waals surface area contributed by atoms with Crippen molar-refractivity contribution in [2.75, 3.05) is 4.90 Å². The van der Waals surface area contributed by atoms with Gasteiger partial charge >= 0.3 is 18.4 Å². The van der Waals surface area contributed by atoms with Crippen LogP contribution in [-0.2, 0) is 30.7 Å². The lowest BCUT2D eigenvalue weighted by Gasteiger charge is -2.46. The third-order valence-electron chi connectivity index (χ3n) is 8.58. The maximum absolute atomic E-state index is 13.7. The second-order valence-electron chi connectivity index (χ2n) is 12.1. The summed E-state index contributed by atoms with van der Waals surface area (Å²) in [6, 6.07) is 0.541. The molecule has 244 valence electrons. The summed E-state index contributed by atoms with van der Waals surface area (Å²) in [6.07, 6.45) is 1.52. The Morgan fingerprint density at radius 3 is 1.98 bits per heavy atom. The van der Waals surface area contributed by atoms with Crippen LogP contribution in [-0.4, -0.2) is 55.0 Å². The molecule has 1 saturated heterocycles. The number of carbonyl (C=O) groups excluding carboxylic acids is 1. The molecular formula is C31H36F6N6O2. The van der Waals surface area contributed by atoms with Gasteiger partial charge in [-0.3, -0.25) is 4.68 Å². The van der Waals surface area contributed by atoms with Crippen LogP contribution in [0.5, 0.6) is 0 Å². The highest BCUT2D eigenvalue weighted by Gasteiger charge is 2.40. The molecule has 45 heavy (non-hydrogen) atoms. The van der Waals surface area contributed by atoms with E-state index < -0.39 is 35.6 Å². The Morgan fingerprint density at radius 2 is 1.47 bits per heavy atom. The number of alkyl halides is 6. The Labute approximate surface area is 257 Å². The summed E-state index contributed by atoms with van der Waals surface area (Å²) in [7, 11) is 1.75. The molecule has 3 heterocycles. The standard InChI is InChI=1S/C31H36F6N6O2/c1-19-9-26(10-20(2)43(19)29(44)45-27-7-5-4-6-8-27)42(28-38-14-22(15-39-28)23-16-40-41(3)18-23)17-21-11-24(30(32,33)34)13-25(12-21)31(35,36)37/h11-16,18-20,26-27H,4-10,17H2,1-3H3/t19-,20+,26?. The molecule has 14 heteroatoms. The fourth-order valence-corrected chi connectivity index (χ4v) is 6.41. The smallest absolute Gasteiger partial charge is 0.416 e. The average molecular weight is 639 g/mol. The highest BCUT2D eigenvalue weighted by molar-refractivity contribution is 5.69. The molecular weight excluding hydrogens is 602 g/mol. The molecule has 0 N–H and O–H groups in total. The number of likely N-dealkylation sites (tertiary alicyclic amines) is 1. The molecule has 0 spiro atoms. The van der Waals surface area contributed by atoms with Crippen molar-refractivity contribution in [2.45, 2.75) is 102 Å². The number of benzene rings is 1. The first kappa shape index (κ1) is 32.6. The summed E-state index contributed by atoms with van der Waals surface area (Å²) in [5.74, 6) is 0.149. The molecule has 2 aromatic heterocycles. The zero-order valence-electron chi connectivity index (χ0n) is 25.3. The quantitative estimate of drug-likeness (QED) is 0.259. The molecule has 1 amide bonds. The van der Waals surface area contributed by atoms with E-state index in [0.29, 0.717) is 18.4 Å². The minimum atomic E-state index is -4.98. The highest BCUT2D eigenvalue weighted by atomic mass is 19.4. The minimum Gasteiger partial charge on any atom is -0.446 e. The van der Waals surface area contributed by atoms with E-state index in [1.807, 2.05) is 13.8 Å². The zero-order chi connectivity index (χ0) is 32.5. The molecule has 1 aliphatic carbocycles. The lowest BCUT2D eigenvalue weighted by Crippen LogP contribution is -2.55. The number of aryl methyl sites for hydroxylation is 1. The van der Waals surface area contributed by atoms with Crippen molar-refractivity contribution in [1.82, 2.24) is 24.6 Å². The first-order chi connectivity index (χ1) is 21.2. The third-order valence-corrected chi connectivity index (χ3v) is 8.58. The number of halogens is 6. The maximum Gasteiger partial charge on any atom is 0.416 e. The summed E-state index contributed by atoms with van der Waals surface area (Å²) < 4.78 is 89.5. The van der Waals surface area contributed by atoms with Crippen LogP contribution in [0.25, 0.3) is 11.1 Å². The number of carbonyl (C=O) groups is 1. The van der Waals surface area contributed by atoms with Gasteiger partial charge in [0.2, 0.25) is 5.95 Å². The van der Waals surface area contributed by atoms with Crippen molar-refractivity contribution in [3.05, 3.63) is 59.7 Å².